The van der Waals surface area contributed by atoms with E-state index in [2.05, 4.69) is 20.9 Å². The number of nitrogens with one attached hydrogen (secondary N) is 2. The minimum absolute atomic E-state index is 0. The summed E-state index contributed by atoms with van der Waals surface area (Å²) in [5.74, 6) is -0.304. The third-order valence-corrected chi connectivity index (χ3v) is 7.37. The SMILES string of the molecule is O=[N+]([O-])c1ccc(Nc2ccc(N=Nc3cc(Nc4ccc([N+](=O)[O-])cc4S(=O)(=O)O)ccc3O)cc2)c(S(=O)(=O)O)c1.[Na].[Na]. The molecular weight excluding hydrogens is 658 g/mol. The van der Waals surface area contributed by atoms with Gasteiger partial charge < -0.3 is 15.7 Å². The number of nitro groups is 2. The molecule has 0 unspecified atom stereocenters. The molecule has 4 rings (SSSR count). The number of phenols is 1. The van der Waals surface area contributed by atoms with Crippen LogP contribution in [0.4, 0.5) is 45.5 Å². The summed E-state index contributed by atoms with van der Waals surface area (Å²) >= 11 is 0. The molecule has 0 saturated carbocycles. The van der Waals surface area contributed by atoms with Gasteiger partial charge in [0.1, 0.15) is 21.2 Å². The Hall–Kier alpha value is -3.50. The molecule has 0 spiro atoms. The first-order valence-electron chi connectivity index (χ1n) is 11.5. The monoisotopic (exact) mass is 676 g/mol. The molecule has 45 heavy (non-hydrogen) atoms. The number of rotatable bonds is 10. The molecule has 0 atom stereocenters. The van der Waals surface area contributed by atoms with Gasteiger partial charge in [-0.2, -0.15) is 21.9 Å². The van der Waals surface area contributed by atoms with E-state index in [9.17, 15) is 51.3 Å². The molecule has 0 amide bonds. The number of nitrogens with zero attached hydrogens (tertiary/aromatic N) is 4. The van der Waals surface area contributed by atoms with Crippen LogP contribution < -0.4 is 10.6 Å². The van der Waals surface area contributed by atoms with E-state index in [1.165, 1.54) is 42.5 Å². The molecule has 17 nitrogen and oxygen atoms in total. The Labute approximate surface area is 298 Å². The Morgan fingerprint density at radius 2 is 1.07 bits per heavy atom. The number of aromatic hydroxyl groups is 1. The number of hydrogen-bond acceptors (Lipinski definition) is 13. The van der Waals surface area contributed by atoms with Crippen LogP contribution in [-0.4, -0.2) is 100 Å². The van der Waals surface area contributed by atoms with Gasteiger partial charge in [0, 0.05) is 94.8 Å². The number of hydrogen-bond donors (Lipinski definition) is 5. The molecule has 2 radical (unpaired) electrons. The van der Waals surface area contributed by atoms with E-state index < -0.39 is 51.2 Å². The van der Waals surface area contributed by atoms with Crippen LogP contribution in [0.5, 0.6) is 5.75 Å². The normalized spacial score (nSPS) is 11.2. The predicted molar refractivity (Wildman–Crippen MR) is 163 cm³/mol. The van der Waals surface area contributed by atoms with Crippen molar-refractivity contribution >= 4 is 125 Å². The van der Waals surface area contributed by atoms with Crippen LogP contribution in [0.2, 0.25) is 0 Å². The molecule has 21 heteroatoms. The number of non-ortho nitro benzene ring substituents is 2. The van der Waals surface area contributed by atoms with Crippen LogP contribution in [0, 0.1) is 20.2 Å². The smallest absolute Gasteiger partial charge is 0.296 e. The van der Waals surface area contributed by atoms with Crippen LogP contribution in [0.15, 0.2) is 98.9 Å². The number of benzene rings is 4. The van der Waals surface area contributed by atoms with E-state index in [0.717, 1.165) is 24.3 Å². The zero-order valence-corrected chi connectivity index (χ0v) is 28.9. The van der Waals surface area contributed by atoms with Gasteiger partial charge in [-0.25, -0.2) is 0 Å². The summed E-state index contributed by atoms with van der Waals surface area (Å²) in [6.07, 6.45) is 0. The van der Waals surface area contributed by atoms with Crippen molar-refractivity contribution in [3.05, 3.63) is 99.1 Å². The van der Waals surface area contributed by atoms with Crippen molar-refractivity contribution < 1.29 is 40.9 Å². The van der Waals surface area contributed by atoms with E-state index in [1.807, 2.05) is 0 Å². The maximum atomic E-state index is 11.8. The molecule has 0 bridgehead atoms. The Kier molecular flexibility index (Phi) is 12.7. The maximum absolute atomic E-state index is 11.8. The quantitative estimate of drug-likeness (QED) is 0.0376. The van der Waals surface area contributed by atoms with Crippen molar-refractivity contribution in [3.63, 3.8) is 0 Å². The van der Waals surface area contributed by atoms with Crippen LogP contribution in [0.1, 0.15) is 0 Å². The second-order valence-corrected chi connectivity index (χ2v) is 11.3. The summed E-state index contributed by atoms with van der Waals surface area (Å²) in [5.41, 5.74) is -0.699. The fourth-order valence-electron chi connectivity index (χ4n) is 3.60. The van der Waals surface area contributed by atoms with Gasteiger partial charge in [-0.15, -0.1) is 5.11 Å². The van der Waals surface area contributed by atoms with Crippen LogP contribution in [-0.2, 0) is 20.2 Å². The Morgan fingerprint density at radius 3 is 1.51 bits per heavy atom. The second-order valence-electron chi connectivity index (χ2n) is 8.53. The standard InChI is InChI=1S/C24H18N6O11S2.2Na/c31-22-10-5-16(26-20-9-7-18(30(34)35)13-24(20)43(39,40)41)11-21(22)28-27-15-3-1-14(2-4-15)25-19-8-6-17(29(32)33)12-23(19)42(36,37)38;;/h1-13,25-26,31H,(H,36,37,38)(H,39,40,41);;. The van der Waals surface area contributed by atoms with Crippen molar-refractivity contribution in [2.45, 2.75) is 9.79 Å². The molecule has 0 fully saturated rings. The van der Waals surface area contributed by atoms with Crippen molar-refractivity contribution in [1.29, 1.82) is 0 Å². The van der Waals surface area contributed by atoms with E-state index >= 15 is 0 Å². The van der Waals surface area contributed by atoms with E-state index in [-0.39, 0.29) is 93.3 Å². The largest absolute Gasteiger partial charge is 0.506 e. The Balaban J connectivity index is 0.00000353. The Morgan fingerprint density at radius 1 is 0.622 bits per heavy atom. The summed E-state index contributed by atoms with van der Waals surface area (Å²) in [6, 6.07) is 15.4. The van der Waals surface area contributed by atoms with Gasteiger partial charge in [-0.05, 0) is 54.6 Å². The van der Waals surface area contributed by atoms with Gasteiger partial charge in [0.25, 0.3) is 31.6 Å². The van der Waals surface area contributed by atoms with Crippen molar-refractivity contribution in [2.24, 2.45) is 10.2 Å². The average molecular weight is 677 g/mol. The van der Waals surface area contributed by atoms with Gasteiger partial charge >= 0.3 is 0 Å². The molecule has 0 aliphatic carbocycles. The van der Waals surface area contributed by atoms with E-state index in [4.69, 9.17) is 0 Å². The van der Waals surface area contributed by atoms with Gasteiger partial charge in [0.2, 0.25) is 0 Å². The molecule has 5 N–H and O–H groups in total. The molecule has 4 aromatic carbocycles. The molecule has 224 valence electrons. The summed E-state index contributed by atoms with van der Waals surface area (Å²) in [5, 5.41) is 45.5. The van der Waals surface area contributed by atoms with Crippen LogP contribution >= 0.6 is 0 Å². The third-order valence-electron chi connectivity index (χ3n) is 5.58. The number of anilines is 4. The minimum Gasteiger partial charge on any atom is -0.506 e. The van der Waals surface area contributed by atoms with Gasteiger partial charge in [-0.3, -0.25) is 29.3 Å². The summed E-state index contributed by atoms with van der Waals surface area (Å²) < 4.78 is 66.0. The number of nitro benzene ring substituents is 2. The zero-order chi connectivity index (χ0) is 31.5. The second kappa shape index (κ2) is 15.2. The maximum Gasteiger partial charge on any atom is 0.296 e. The van der Waals surface area contributed by atoms with Crippen LogP contribution in [0.3, 0.4) is 0 Å². The van der Waals surface area contributed by atoms with E-state index in [0.29, 0.717) is 17.8 Å². The topological polar surface area (TPSA) is 264 Å². The van der Waals surface area contributed by atoms with Gasteiger partial charge in [-0.1, -0.05) is 0 Å². The predicted octanol–water partition coefficient (Wildman–Crippen LogP) is 4.84. The van der Waals surface area contributed by atoms with Crippen molar-refractivity contribution in [1.82, 2.24) is 0 Å². The third kappa shape index (κ3) is 9.74. The zero-order valence-electron chi connectivity index (χ0n) is 23.2. The first-order chi connectivity index (χ1) is 20.1. The molecule has 0 aliphatic rings. The van der Waals surface area contributed by atoms with E-state index in [1.54, 1.807) is 0 Å². The van der Waals surface area contributed by atoms with Crippen LogP contribution in [0.25, 0.3) is 0 Å². The van der Waals surface area contributed by atoms with Crippen molar-refractivity contribution in [2.75, 3.05) is 10.6 Å². The first-order valence-corrected chi connectivity index (χ1v) is 14.4. The number of azo groups is 1. The minimum atomic E-state index is -4.85. The number of phenolic OH excluding ortho intramolecular Hbond substituents is 1. The fourth-order valence-corrected chi connectivity index (χ4v) is 4.93. The summed E-state index contributed by atoms with van der Waals surface area (Å²) in [7, 11) is -9.64. The molecule has 0 aliphatic heterocycles. The van der Waals surface area contributed by atoms with Gasteiger partial charge in [0.15, 0.2) is 0 Å². The van der Waals surface area contributed by atoms with Gasteiger partial charge in [0.05, 0.1) is 26.9 Å². The molecule has 0 heterocycles. The first kappa shape index (κ1) is 37.7. The molecular formula is C24H18N6Na2O11S2. The summed E-state index contributed by atoms with van der Waals surface area (Å²) in [6.45, 7) is 0. The Bertz CT molecular complexity index is 2010. The summed E-state index contributed by atoms with van der Waals surface area (Å²) in [4.78, 5) is 18.9. The molecule has 0 saturated heterocycles. The average Bonchev–Trinajstić information content (AvgIpc) is 2.93. The van der Waals surface area contributed by atoms with Crippen molar-refractivity contribution in [3.8, 4) is 5.75 Å². The molecule has 0 aromatic heterocycles. The molecule has 4 aromatic rings. The fraction of sp³-hybridized carbons (Fsp3) is 0.